The number of halogens is 2. The van der Waals surface area contributed by atoms with E-state index in [2.05, 4.69) is 5.32 Å². The lowest BCUT2D eigenvalue weighted by atomic mass is 10.2. The first-order chi connectivity index (χ1) is 10.0. The van der Waals surface area contributed by atoms with E-state index in [-0.39, 0.29) is 11.5 Å². The summed E-state index contributed by atoms with van der Waals surface area (Å²) in [6, 6.07) is 7.41. The van der Waals surface area contributed by atoms with Crippen LogP contribution in [0.4, 0.5) is 14.5 Å². The average molecular weight is 294 g/mol. The van der Waals surface area contributed by atoms with E-state index in [4.69, 9.17) is 4.74 Å². The minimum Gasteiger partial charge on any atom is -0.454 e. The highest BCUT2D eigenvalue weighted by molar-refractivity contribution is 5.41. The maximum atomic E-state index is 13.8. The normalized spacial score (nSPS) is 10.4. The van der Waals surface area contributed by atoms with Crippen molar-refractivity contribution in [2.75, 3.05) is 7.05 Å². The Kier molecular flexibility index (Phi) is 4.44. The minimum atomic E-state index is -1.04. The van der Waals surface area contributed by atoms with Gasteiger partial charge in [0.05, 0.1) is 4.92 Å². The molecule has 1 N–H and O–H groups in total. The van der Waals surface area contributed by atoms with Crippen LogP contribution in [0.2, 0.25) is 0 Å². The zero-order chi connectivity index (χ0) is 15.4. The summed E-state index contributed by atoms with van der Waals surface area (Å²) in [7, 11) is 1.74. The summed E-state index contributed by atoms with van der Waals surface area (Å²) in [6.07, 6.45) is 0. The highest BCUT2D eigenvalue weighted by atomic mass is 19.1. The Hall–Kier alpha value is -2.54. The molecular weight excluding hydrogens is 282 g/mol. The first-order valence-electron chi connectivity index (χ1n) is 6.06. The summed E-state index contributed by atoms with van der Waals surface area (Å²) in [4.78, 5) is 9.66. The van der Waals surface area contributed by atoms with Gasteiger partial charge in [-0.1, -0.05) is 6.07 Å². The van der Waals surface area contributed by atoms with Gasteiger partial charge in [0, 0.05) is 18.7 Å². The maximum absolute atomic E-state index is 13.8. The van der Waals surface area contributed by atoms with Crippen molar-refractivity contribution < 1.29 is 18.4 Å². The quantitative estimate of drug-likeness (QED) is 0.678. The molecule has 0 radical (unpaired) electrons. The number of nitro groups is 1. The standard InChI is InChI=1S/C14H12F2N2O3/c1-17-8-9-2-5-14(12(16)6-9)21-10-3-4-13(18(19)20)11(15)7-10/h2-7,17H,8H2,1H3. The number of ether oxygens (including phenoxy) is 1. The molecule has 5 nitrogen and oxygen atoms in total. The maximum Gasteiger partial charge on any atom is 0.305 e. The molecule has 0 bridgehead atoms. The lowest BCUT2D eigenvalue weighted by Gasteiger charge is -2.08. The highest BCUT2D eigenvalue weighted by Gasteiger charge is 2.15. The summed E-state index contributed by atoms with van der Waals surface area (Å²) in [5.74, 6) is -1.73. The Labute approximate surface area is 119 Å². The second-order valence-corrected chi connectivity index (χ2v) is 4.27. The number of nitrogens with zero attached hydrogens (tertiary/aromatic N) is 1. The van der Waals surface area contributed by atoms with Crippen LogP contribution in [0.15, 0.2) is 36.4 Å². The van der Waals surface area contributed by atoms with Crippen LogP contribution in [0.1, 0.15) is 5.56 Å². The molecule has 0 heterocycles. The molecule has 0 saturated heterocycles. The van der Waals surface area contributed by atoms with E-state index >= 15 is 0 Å². The summed E-state index contributed by atoms with van der Waals surface area (Å²) >= 11 is 0. The van der Waals surface area contributed by atoms with Crippen molar-refractivity contribution in [3.63, 3.8) is 0 Å². The molecule has 0 unspecified atom stereocenters. The molecule has 0 aliphatic carbocycles. The summed E-state index contributed by atoms with van der Waals surface area (Å²) in [5.41, 5.74) is 0.0735. The topological polar surface area (TPSA) is 64.4 Å². The van der Waals surface area contributed by atoms with Gasteiger partial charge in [-0.25, -0.2) is 4.39 Å². The molecule has 2 aromatic rings. The fraction of sp³-hybridized carbons (Fsp3) is 0.143. The van der Waals surface area contributed by atoms with E-state index in [9.17, 15) is 18.9 Å². The second-order valence-electron chi connectivity index (χ2n) is 4.27. The zero-order valence-electron chi connectivity index (χ0n) is 11.1. The van der Waals surface area contributed by atoms with Crippen LogP contribution in [0.3, 0.4) is 0 Å². The molecule has 2 rings (SSSR count). The van der Waals surface area contributed by atoms with Crippen molar-refractivity contribution in [2.24, 2.45) is 0 Å². The van der Waals surface area contributed by atoms with Gasteiger partial charge in [0.2, 0.25) is 5.82 Å². The average Bonchev–Trinajstić information content (AvgIpc) is 2.42. The molecule has 0 atom stereocenters. The van der Waals surface area contributed by atoms with Crippen molar-refractivity contribution in [3.8, 4) is 11.5 Å². The monoisotopic (exact) mass is 294 g/mol. The Morgan fingerprint density at radius 2 is 1.95 bits per heavy atom. The Morgan fingerprint density at radius 1 is 1.19 bits per heavy atom. The lowest BCUT2D eigenvalue weighted by Crippen LogP contribution is -2.05. The van der Waals surface area contributed by atoms with Gasteiger partial charge in [-0.3, -0.25) is 10.1 Å². The van der Waals surface area contributed by atoms with Crippen LogP contribution in [-0.2, 0) is 6.54 Å². The third kappa shape index (κ3) is 3.51. The molecule has 0 aliphatic rings. The second kappa shape index (κ2) is 6.27. The van der Waals surface area contributed by atoms with Crippen LogP contribution in [0, 0.1) is 21.7 Å². The molecule has 2 aromatic carbocycles. The van der Waals surface area contributed by atoms with Crippen LogP contribution < -0.4 is 10.1 Å². The summed E-state index contributed by atoms with van der Waals surface area (Å²) in [5, 5.41) is 13.4. The predicted molar refractivity (Wildman–Crippen MR) is 72.3 cm³/mol. The van der Waals surface area contributed by atoms with Gasteiger partial charge < -0.3 is 10.1 Å². The smallest absolute Gasteiger partial charge is 0.305 e. The van der Waals surface area contributed by atoms with Gasteiger partial charge in [-0.15, -0.1) is 0 Å². The SMILES string of the molecule is CNCc1ccc(Oc2ccc([N+](=O)[O-])c(F)c2)c(F)c1. The van der Waals surface area contributed by atoms with Gasteiger partial charge in [-0.2, -0.15) is 4.39 Å². The Balaban J connectivity index is 2.22. The van der Waals surface area contributed by atoms with Crippen molar-refractivity contribution >= 4 is 5.69 Å². The van der Waals surface area contributed by atoms with Crippen molar-refractivity contribution in [1.82, 2.24) is 5.32 Å². The largest absolute Gasteiger partial charge is 0.454 e. The lowest BCUT2D eigenvalue weighted by molar-refractivity contribution is -0.387. The number of nitrogens with one attached hydrogen (secondary N) is 1. The molecule has 0 amide bonds. The fourth-order valence-electron chi connectivity index (χ4n) is 1.77. The first-order valence-corrected chi connectivity index (χ1v) is 6.06. The molecule has 0 fully saturated rings. The van der Waals surface area contributed by atoms with E-state index in [1.54, 1.807) is 13.1 Å². The molecule has 21 heavy (non-hydrogen) atoms. The number of nitro benzene ring substituents is 1. The number of hydrogen-bond acceptors (Lipinski definition) is 4. The Bertz CT molecular complexity index is 677. The molecule has 0 aliphatic heterocycles. The predicted octanol–water partition coefficient (Wildman–Crippen LogP) is 3.38. The van der Waals surface area contributed by atoms with Crippen molar-refractivity contribution in [2.45, 2.75) is 6.54 Å². The van der Waals surface area contributed by atoms with Crippen molar-refractivity contribution in [1.29, 1.82) is 0 Å². The summed E-state index contributed by atoms with van der Waals surface area (Å²) in [6.45, 7) is 0.503. The highest BCUT2D eigenvalue weighted by Crippen LogP contribution is 2.28. The first kappa shape index (κ1) is 14.9. The van der Waals surface area contributed by atoms with Gasteiger partial charge in [0.25, 0.3) is 0 Å². The van der Waals surface area contributed by atoms with Crippen LogP contribution in [0.25, 0.3) is 0 Å². The Morgan fingerprint density at radius 3 is 2.52 bits per heavy atom. The van der Waals surface area contributed by atoms with E-state index < -0.39 is 22.2 Å². The van der Waals surface area contributed by atoms with E-state index in [1.165, 1.54) is 18.2 Å². The molecule has 0 aromatic heterocycles. The van der Waals surface area contributed by atoms with Crippen LogP contribution in [0.5, 0.6) is 11.5 Å². The molecular formula is C14H12F2N2O3. The van der Waals surface area contributed by atoms with Gasteiger partial charge >= 0.3 is 5.69 Å². The van der Waals surface area contributed by atoms with Gasteiger partial charge in [0.1, 0.15) is 5.75 Å². The molecule has 7 heteroatoms. The third-order valence-electron chi connectivity index (χ3n) is 2.72. The van der Waals surface area contributed by atoms with Crippen LogP contribution >= 0.6 is 0 Å². The van der Waals surface area contributed by atoms with Gasteiger partial charge in [0.15, 0.2) is 11.6 Å². The fourth-order valence-corrected chi connectivity index (χ4v) is 1.77. The van der Waals surface area contributed by atoms with E-state index in [0.29, 0.717) is 6.54 Å². The minimum absolute atomic E-state index is 0.0154. The summed E-state index contributed by atoms with van der Waals surface area (Å²) < 4.78 is 32.5. The molecule has 0 spiro atoms. The van der Waals surface area contributed by atoms with Crippen LogP contribution in [-0.4, -0.2) is 12.0 Å². The molecule has 110 valence electrons. The van der Waals surface area contributed by atoms with Gasteiger partial charge in [-0.05, 0) is 30.8 Å². The number of hydrogen-bond donors (Lipinski definition) is 1. The molecule has 0 saturated carbocycles. The zero-order valence-corrected chi connectivity index (χ0v) is 11.1. The van der Waals surface area contributed by atoms with E-state index in [0.717, 1.165) is 17.7 Å². The number of benzene rings is 2. The third-order valence-corrected chi connectivity index (χ3v) is 2.72. The van der Waals surface area contributed by atoms with Crippen molar-refractivity contribution in [3.05, 3.63) is 63.7 Å². The van der Waals surface area contributed by atoms with E-state index in [1.807, 2.05) is 0 Å². The number of rotatable bonds is 5.